The lowest BCUT2D eigenvalue weighted by Crippen LogP contribution is -2.39. The largest absolute Gasteiger partial charge is 0.508 e. The molecule has 36 heavy (non-hydrogen) atoms. The predicted molar refractivity (Wildman–Crippen MR) is 138 cm³/mol. The van der Waals surface area contributed by atoms with Crippen molar-refractivity contribution in [3.05, 3.63) is 57.9 Å². The van der Waals surface area contributed by atoms with Gasteiger partial charge in [-0.2, -0.15) is 0 Å². The number of hydrogen-bond acceptors (Lipinski definition) is 8. The standard InChI is InChI=1S/C26H31N5O4S/c1-15-5-7-19(23(35)28-25-30-29-24(36-25)26(2,3)4)22(27-15)16-9-11-31(12-10-16)21(34)14-17-13-18(32)6-8-20(17)33/h5-8,13,16,32-33H,9-12,14H2,1-4H3,(H,28,30,35). The van der Waals surface area contributed by atoms with E-state index in [0.29, 0.717) is 42.2 Å². The number of benzene rings is 1. The van der Waals surface area contributed by atoms with Crippen molar-refractivity contribution in [1.29, 1.82) is 0 Å². The van der Waals surface area contributed by atoms with Crippen LogP contribution in [0, 0.1) is 6.92 Å². The summed E-state index contributed by atoms with van der Waals surface area (Å²) in [4.78, 5) is 32.4. The van der Waals surface area contributed by atoms with Gasteiger partial charge in [-0.3, -0.25) is 19.9 Å². The van der Waals surface area contributed by atoms with Gasteiger partial charge in [0.25, 0.3) is 5.91 Å². The lowest BCUT2D eigenvalue weighted by molar-refractivity contribution is -0.131. The predicted octanol–water partition coefficient (Wildman–Crippen LogP) is 4.15. The maximum atomic E-state index is 13.2. The van der Waals surface area contributed by atoms with Crippen LogP contribution in [0.2, 0.25) is 0 Å². The molecule has 1 fully saturated rings. The Morgan fingerprint density at radius 2 is 1.83 bits per heavy atom. The molecule has 0 unspecified atom stereocenters. The molecule has 2 aromatic heterocycles. The van der Waals surface area contributed by atoms with E-state index in [2.05, 4.69) is 15.5 Å². The second-order valence-corrected chi connectivity index (χ2v) is 11.1. The molecule has 3 N–H and O–H groups in total. The summed E-state index contributed by atoms with van der Waals surface area (Å²) < 4.78 is 0. The number of rotatable bonds is 5. The number of piperidine rings is 1. The van der Waals surface area contributed by atoms with Crippen molar-refractivity contribution in [2.45, 2.75) is 58.3 Å². The molecule has 4 rings (SSSR count). The molecule has 10 heteroatoms. The number of amides is 2. The second kappa shape index (κ2) is 10.2. The van der Waals surface area contributed by atoms with Gasteiger partial charge in [0.05, 0.1) is 17.7 Å². The molecule has 1 aliphatic rings. The first-order valence-corrected chi connectivity index (χ1v) is 12.7. The van der Waals surface area contributed by atoms with E-state index >= 15 is 0 Å². The highest BCUT2D eigenvalue weighted by atomic mass is 32.1. The van der Waals surface area contributed by atoms with Crippen LogP contribution in [0.1, 0.15) is 71.8 Å². The fourth-order valence-corrected chi connectivity index (χ4v) is 5.01. The monoisotopic (exact) mass is 509 g/mol. The zero-order valence-corrected chi connectivity index (χ0v) is 21.7. The number of carbonyl (C=O) groups is 2. The quantitative estimate of drug-likeness (QED) is 0.441. The van der Waals surface area contributed by atoms with Crippen molar-refractivity contribution < 1.29 is 19.8 Å². The highest BCUT2D eigenvalue weighted by Crippen LogP contribution is 2.32. The summed E-state index contributed by atoms with van der Waals surface area (Å²) in [6.07, 6.45) is 1.35. The van der Waals surface area contributed by atoms with Gasteiger partial charge in [-0.15, -0.1) is 10.2 Å². The molecule has 1 saturated heterocycles. The third kappa shape index (κ3) is 5.81. The van der Waals surface area contributed by atoms with Crippen molar-refractivity contribution in [3.63, 3.8) is 0 Å². The van der Waals surface area contributed by atoms with Crippen LogP contribution in [0.5, 0.6) is 11.5 Å². The van der Waals surface area contributed by atoms with Crippen molar-refractivity contribution >= 4 is 28.3 Å². The second-order valence-electron chi connectivity index (χ2n) is 10.1. The van der Waals surface area contributed by atoms with Crippen LogP contribution in [0.25, 0.3) is 0 Å². The molecule has 3 heterocycles. The van der Waals surface area contributed by atoms with Gasteiger partial charge >= 0.3 is 0 Å². The van der Waals surface area contributed by atoms with Gasteiger partial charge < -0.3 is 15.1 Å². The highest BCUT2D eigenvalue weighted by Gasteiger charge is 2.29. The Balaban J connectivity index is 1.44. The van der Waals surface area contributed by atoms with Gasteiger partial charge in [-0.1, -0.05) is 32.1 Å². The van der Waals surface area contributed by atoms with Crippen LogP contribution in [0.4, 0.5) is 5.13 Å². The number of phenolic OH excluding ortho intramolecular Hbond substituents is 2. The Bertz CT molecular complexity index is 1280. The van der Waals surface area contributed by atoms with Crippen LogP contribution in [-0.4, -0.2) is 55.2 Å². The fourth-order valence-electron chi connectivity index (χ4n) is 4.21. The average molecular weight is 510 g/mol. The van der Waals surface area contributed by atoms with Crippen LogP contribution in [0.15, 0.2) is 30.3 Å². The molecule has 0 radical (unpaired) electrons. The Hall–Kier alpha value is -3.53. The first-order valence-electron chi connectivity index (χ1n) is 11.9. The van der Waals surface area contributed by atoms with Gasteiger partial charge in [-0.25, -0.2) is 0 Å². The number of aromatic hydroxyl groups is 2. The zero-order valence-electron chi connectivity index (χ0n) is 20.9. The van der Waals surface area contributed by atoms with Crippen LogP contribution in [0.3, 0.4) is 0 Å². The summed E-state index contributed by atoms with van der Waals surface area (Å²) >= 11 is 1.36. The molecule has 0 saturated carbocycles. The summed E-state index contributed by atoms with van der Waals surface area (Å²) in [5.74, 6) is -0.361. The van der Waals surface area contributed by atoms with Crippen molar-refractivity contribution in [2.24, 2.45) is 0 Å². The average Bonchev–Trinajstić information content (AvgIpc) is 3.30. The summed E-state index contributed by atoms with van der Waals surface area (Å²) in [7, 11) is 0. The molecule has 3 aromatic rings. The maximum absolute atomic E-state index is 13.2. The van der Waals surface area contributed by atoms with Crippen molar-refractivity contribution in [1.82, 2.24) is 20.1 Å². The highest BCUT2D eigenvalue weighted by molar-refractivity contribution is 7.15. The fraction of sp³-hybridized carbons (Fsp3) is 0.423. The number of aryl methyl sites for hydroxylation is 1. The number of likely N-dealkylation sites (tertiary alicyclic amines) is 1. The number of hydrogen-bond donors (Lipinski definition) is 3. The SMILES string of the molecule is Cc1ccc(C(=O)Nc2nnc(C(C)(C)C)s2)c(C2CCN(C(=O)Cc3cc(O)ccc3O)CC2)n1. The van der Waals surface area contributed by atoms with Crippen molar-refractivity contribution in [2.75, 3.05) is 18.4 Å². The number of carbonyl (C=O) groups excluding carboxylic acids is 2. The molecule has 0 bridgehead atoms. The van der Waals surface area contributed by atoms with E-state index in [4.69, 9.17) is 4.98 Å². The first kappa shape index (κ1) is 25.6. The molecular weight excluding hydrogens is 478 g/mol. The zero-order chi connectivity index (χ0) is 26.0. The minimum atomic E-state index is -0.271. The van der Waals surface area contributed by atoms with E-state index in [1.165, 1.54) is 29.5 Å². The third-order valence-electron chi connectivity index (χ3n) is 6.23. The van der Waals surface area contributed by atoms with E-state index in [1.54, 1.807) is 11.0 Å². The summed E-state index contributed by atoms with van der Waals surface area (Å²) in [5, 5.41) is 32.1. The van der Waals surface area contributed by atoms with Gasteiger partial charge in [0.15, 0.2) is 0 Å². The third-order valence-corrected chi connectivity index (χ3v) is 7.50. The van der Waals surface area contributed by atoms with Gasteiger partial charge in [0, 0.05) is 35.7 Å². The maximum Gasteiger partial charge on any atom is 0.259 e. The van der Waals surface area contributed by atoms with Crippen LogP contribution < -0.4 is 5.32 Å². The Labute approximate surface area is 214 Å². The Kier molecular flexibility index (Phi) is 7.26. The summed E-state index contributed by atoms with van der Waals surface area (Å²) in [6, 6.07) is 7.78. The molecular formula is C26H31N5O4S. The molecule has 0 atom stereocenters. The van der Waals surface area contributed by atoms with Gasteiger partial charge in [0.1, 0.15) is 16.5 Å². The van der Waals surface area contributed by atoms with Crippen molar-refractivity contribution in [3.8, 4) is 11.5 Å². The summed E-state index contributed by atoms with van der Waals surface area (Å²) in [6.45, 7) is 9.07. The molecule has 0 aliphatic carbocycles. The van der Waals surface area contributed by atoms with E-state index in [1.807, 2.05) is 33.8 Å². The van der Waals surface area contributed by atoms with E-state index in [9.17, 15) is 19.8 Å². The normalized spacial score (nSPS) is 14.6. The summed E-state index contributed by atoms with van der Waals surface area (Å²) in [5.41, 5.74) is 2.30. The minimum absolute atomic E-state index is 0.00814. The minimum Gasteiger partial charge on any atom is -0.508 e. The number of nitrogens with one attached hydrogen (secondary N) is 1. The molecule has 0 spiro atoms. The Morgan fingerprint density at radius 1 is 1.11 bits per heavy atom. The van der Waals surface area contributed by atoms with E-state index in [0.717, 1.165) is 16.4 Å². The Morgan fingerprint density at radius 3 is 2.50 bits per heavy atom. The van der Waals surface area contributed by atoms with Gasteiger partial charge in [0.2, 0.25) is 11.0 Å². The van der Waals surface area contributed by atoms with Crippen LogP contribution >= 0.6 is 11.3 Å². The molecule has 190 valence electrons. The lowest BCUT2D eigenvalue weighted by atomic mass is 9.89. The molecule has 1 aliphatic heterocycles. The number of phenols is 2. The first-order chi connectivity index (χ1) is 17.0. The van der Waals surface area contributed by atoms with Gasteiger partial charge in [-0.05, 0) is 50.1 Å². The van der Waals surface area contributed by atoms with E-state index in [-0.39, 0.29) is 41.1 Å². The molecule has 9 nitrogen and oxygen atoms in total. The van der Waals surface area contributed by atoms with Crippen LogP contribution in [-0.2, 0) is 16.6 Å². The number of aromatic nitrogens is 3. The topological polar surface area (TPSA) is 129 Å². The smallest absolute Gasteiger partial charge is 0.259 e. The molecule has 2 amide bonds. The van der Waals surface area contributed by atoms with E-state index < -0.39 is 0 Å². The number of pyridine rings is 1. The number of anilines is 1. The lowest BCUT2D eigenvalue weighted by Gasteiger charge is -2.32. The molecule has 1 aromatic carbocycles. The number of nitrogens with zero attached hydrogens (tertiary/aromatic N) is 4.